The Hall–Kier alpha value is -3.75. The number of hydrogen-bond acceptors (Lipinski definition) is 8. The molecule has 3 aliphatic carbocycles. The monoisotopic (exact) mass is 557 g/mol. The van der Waals surface area contributed by atoms with Crippen molar-refractivity contribution in [2.24, 2.45) is 10.8 Å². The Bertz CT molecular complexity index is 1580. The molecule has 41 heavy (non-hydrogen) atoms. The fourth-order valence-electron chi connectivity index (χ4n) is 7.91. The standard InChI is InChI=1S/C33H35NO7/c1-18(35)25-24(37)15-32(3)17-31(2)14-22-21(20-8-6-19(7-9-20)16-34-12-4-5-13-34)10-11-23(36)26(22)28(38)27(31)30(40)33(32,41)29(25)39/h6-11,36,38-39,41H,4-5,12-17H2,1-3H3/t31-,32+,33+/m1/s1. The lowest BCUT2D eigenvalue weighted by molar-refractivity contribution is -0.164. The number of nitrogens with zero attached hydrogens (tertiary/aromatic N) is 1. The molecule has 1 aliphatic heterocycles. The van der Waals surface area contributed by atoms with Crippen LogP contribution in [-0.4, -0.2) is 61.4 Å². The largest absolute Gasteiger partial charge is 0.508 e. The number of phenols is 1. The molecule has 3 atom stereocenters. The lowest BCUT2D eigenvalue weighted by atomic mass is 9.47. The van der Waals surface area contributed by atoms with E-state index in [1.165, 1.54) is 24.5 Å². The van der Waals surface area contributed by atoms with Crippen LogP contribution < -0.4 is 0 Å². The maximum Gasteiger partial charge on any atom is 0.203 e. The van der Waals surface area contributed by atoms with Crippen LogP contribution in [0, 0.1) is 10.8 Å². The van der Waals surface area contributed by atoms with Crippen LogP contribution in [0.15, 0.2) is 53.3 Å². The molecule has 214 valence electrons. The van der Waals surface area contributed by atoms with Gasteiger partial charge in [0, 0.05) is 29.4 Å². The van der Waals surface area contributed by atoms with Gasteiger partial charge in [-0.15, -0.1) is 0 Å². The lowest BCUT2D eigenvalue weighted by Gasteiger charge is -2.56. The fourth-order valence-corrected chi connectivity index (χ4v) is 7.91. The van der Waals surface area contributed by atoms with Crippen molar-refractivity contribution in [3.8, 4) is 16.9 Å². The molecule has 2 fully saturated rings. The normalized spacial score (nSPS) is 29.9. The van der Waals surface area contributed by atoms with E-state index in [2.05, 4.69) is 17.0 Å². The number of allylic oxidation sites excluding steroid dienone is 1. The van der Waals surface area contributed by atoms with Crippen LogP contribution in [0.1, 0.15) is 63.1 Å². The summed E-state index contributed by atoms with van der Waals surface area (Å²) in [7, 11) is 0. The number of aliphatic hydroxyl groups excluding tert-OH is 2. The molecule has 0 spiro atoms. The van der Waals surface area contributed by atoms with Crippen molar-refractivity contribution < 1.29 is 34.8 Å². The smallest absolute Gasteiger partial charge is 0.203 e. The SMILES string of the molecule is CC(=O)C1=C(O)[C@]2(O)C(=O)C3=C(O)c4c(O)ccc(-c5ccc(CN6CCCC6)cc5)c4C[C@]3(C)C[C@]2(C)CC1=O. The number of rotatable bonds is 4. The summed E-state index contributed by atoms with van der Waals surface area (Å²) in [5, 5.41) is 45.3. The van der Waals surface area contributed by atoms with Crippen LogP contribution in [0.2, 0.25) is 0 Å². The predicted octanol–water partition coefficient (Wildman–Crippen LogP) is 4.57. The maximum atomic E-state index is 14.1. The van der Waals surface area contributed by atoms with Gasteiger partial charge in [-0.3, -0.25) is 19.3 Å². The molecule has 1 saturated carbocycles. The first-order chi connectivity index (χ1) is 19.3. The molecule has 0 amide bonds. The molecule has 2 aromatic carbocycles. The Morgan fingerprint density at radius 3 is 2.24 bits per heavy atom. The van der Waals surface area contributed by atoms with Crippen LogP contribution >= 0.6 is 0 Å². The van der Waals surface area contributed by atoms with Gasteiger partial charge < -0.3 is 20.4 Å². The zero-order valence-electron chi connectivity index (χ0n) is 23.6. The molecule has 8 heteroatoms. The highest BCUT2D eigenvalue weighted by Crippen LogP contribution is 2.63. The molecule has 2 aromatic rings. The van der Waals surface area contributed by atoms with Crippen LogP contribution in [0.25, 0.3) is 16.9 Å². The lowest BCUT2D eigenvalue weighted by Crippen LogP contribution is -2.65. The molecule has 6 rings (SSSR count). The van der Waals surface area contributed by atoms with E-state index in [0.29, 0.717) is 5.56 Å². The highest BCUT2D eigenvalue weighted by atomic mass is 16.3. The van der Waals surface area contributed by atoms with E-state index in [9.17, 15) is 34.8 Å². The summed E-state index contributed by atoms with van der Waals surface area (Å²) in [6, 6.07) is 11.5. The van der Waals surface area contributed by atoms with Crippen molar-refractivity contribution in [1.82, 2.24) is 4.90 Å². The number of hydrogen-bond donors (Lipinski definition) is 4. The number of fused-ring (bicyclic) bond motifs is 3. The first kappa shape index (κ1) is 27.4. The van der Waals surface area contributed by atoms with Gasteiger partial charge in [-0.2, -0.15) is 0 Å². The topological polar surface area (TPSA) is 135 Å². The average molecular weight is 558 g/mol. The molecule has 4 N–H and O–H groups in total. The van der Waals surface area contributed by atoms with Crippen LogP contribution in [-0.2, 0) is 27.3 Å². The summed E-state index contributed by atoms with van der Waals surface area (Å²) in [6.07, 6.45) is 2.45. The van der Waals surface area contributed by atoms with E-state index < -0.39 is 50.9 Å². The van der Waals surface area contributed by atoms with Gasteiger partial charge in [-0.05, 0) is 74.0 Å². The van der Waals surface area contributed by atoms with Crippen molar-refractivity contribution in [3.63, 3.8) is 0 Å². The summed E-state index contributed by atoms with van der Waals surface area (Å²) in [5.41, 5.74) is -2.05. The van der Waals surface area contributed by atoms with Gasteiger partial charge in [0.25, 0.3) is 0 Å². The van der Waals surface area contributed by atoms with Gasteiger partial charge in [0.2, 0.25) is 5.78 Å². The van der Waals surface area contributed by atoms with Gasteiger partial charge in [0.05, 0.1) is 5.56 Å². The van der Waals surface area contributed by atoms with E-state index in [-0.39, 0.29) is 36.1 Å². The minimum absolute atomic E-state index is 0.0753. The number of likely N-dealkylation sites (tertiary alicyclic amines) is 1. The number of aliphatic hydroxyl groups is 3. The van der Waals surface area contributed by atoms with Crippen molar-refractivity contribution in [2.75, 3.05) is 13.1 Å². The third kappa shape index (κ3) is 3.84. The maximum absolute atomic E-state index is 14.1. The van der Waals surface area contributed by atoms with Crippen molar-refractivity contribution >= 4 is 23.1 Å². The van der Waals surface area contributed by atoms with Gasteiger partial charge in [0.1, 0.15) is 22.8 Å². The Morgan fingerprint density at radius 2 is 1.61 bits per heavy atom. The summed E-state index contributed by atoms with van der Waals surface area (Å²) >= 11 is 0. The minimum atomic E-state index is -2.57. The van der Waals surface area contributed by atoms with Crippen LogP contribution in [0.4, 0.5) is 0 Å². The van der Waals surface area contributed by atoms with E-state index in [1.54, 1.807) is 19.9 Å². The Morgan fingerprint density at radius 1 is 0.951 bits per heavy atom. The number of aromatic hydroxyl groups is 1. The highest BCUT2D eigenvalue weighted by Gasteiger charge is 2.68. The molecule has 1 heterocycles. The molecular weight excluding hydrogens is 522 g/mol. The van der Waals surface area contributed by atoms with Crippen molar-refractivity contribution in [3.05, 3.63) is 70.0 Å². The van der Waals surface area contributed by atoms with Crippen LogP contribution in [0.5, 0.6) is 5.75 Å². The van der Waals surface area contributed by atoms with E-state index in [0.717, 1.165) is 37.7 Å². The number of carbonyl (C=O) groups is 3. The number of Topliss-reactive ketones (excluding diaryl/α,β-unsaturated/α-hetero) is 3. The zero-order valence-corrected chi connectivity index (χ0v) is 23.6. The van der Waals surface area contributed by atoms with E-state index in [4.69, 9.17) is 0 Å². The van der Waals surface area contributed by atoms with Gasteiger partial charge in [0.15, 0.2) is 17.2 Å². The summed E-state index contributed by atoms with van der Waals surface area (Å²) in [5.74, 6) is -3.97. The number of carbonyl (C=O) groups excluding carboxylic acids is 3. The summed E-state index contributed by atoms with van der Waals surface area (Å²) in [6.45, 7) is 7.53. The minimum Gasteiger partial charge on any atom is -0.508 e. The van der Waals surface area contributed by atoms with E-state index in [1.807, 2.05) is 12.1 Å². The third-order valence-electron chi connectivity index (χ3n) is 9.78. The molecule has 1 saturated heterocycles. The fraction of sp³-hybridized carbons (Fsp3) is 0.424. The van der Waals surface area contributed by atoms with Gasteiger partial charge in [-0.25, -0.2) is 0 Å². The second-order valence-corrected chi connectivity index (χ2v) is 12.8. The Balaban J connectivity index is 1.47. The molecule has 0 bridgehead atoms. The number of ketones is 3. The second-order valence-electron chi connectivity index (χ2n) is 12.8. The van der Waals surface area contributed by atoms with Crippen molar-refractivity contribution in [2.45, 2.75) is 65.0 Å². The van der Waals surface area contributed by atoms with E-state index >= 15 is 0 Å². The molecular formula is C33H35NO7. The van der Waals surface area contributed by atoms with Gasteiger partial charge >= 0.3 is 0 Å². The second kappa shape index (κ2) is 9.13. The molecule has 8 nitrogen and oxygen atoms in total. The Kier molecular flexibility index (Phi) is 6.10. The highest BCUT2D eigenvalue weighted by molar-refractivity contribution is 6.23. The number of phenolic OH excluding ortho intramolecular Hbond substituents is 1. The molecule has 0 radical (unpaired) electrons. The predicted molar refractivity (Wildman–Crippen MR) is 152 cm³/mol. The zero-order chi connectivity index (χ0) is 29.5. The Labute approximate surface area is 238 Å². The quantitative estimate of drug-likeness (QED) is 0.402. The molecule has 0 unspecified atom stereocenters. The average Bonchev–Trinajstić information content (AvgIpc) is 3.39. The summed E-state index contributed by atoms with van der Waals surface area (Å²) < 4.78 is 0. The molecule has 4 aliphatic rings. The first-order valence-corrected chi connectivity index (χ1v) is 14.2. The van der Waals surface area contributed by atoms with Crippen LogP contribution in [0.3, 0.4) is 0 Å². The first-order valence-electron chi connectivity index (χ1n) is 14.2. The van der Waals surface area contributed by atoms with Gasteiger partial charge in [-0.1, -0.05) is 44.2 Å². The van der Waals surface area contributed by atoms with Crippen molar-refractivity contribution in [1.29, 1.82) is 0 Å². The summed E-state index contributed by atoms with van der Waals surface area (Å²) in [4.78, 5) is 41.7. The third-order valence-corrected chi connectivity index (χ3v) is 9.78. The number of benzene rings is 2. The molecule has 0 aromatic heterocycles.